The largest absolute Gasteiger partial charge is 0.286 e. The Labute approximate surface area is 145 Å². The van der Waals surface area contributed by atoms with E-state index in [2.05, 4.69) is 4.99 Å². The van der Waals surface area contributed by atoms with Crippen LogP contribution in [0, 0.1) is 6.92 Å². The fraction of sp³-hybridized carbons (Fsp3) is 0.222. The number of amidine groups is 1. The van der Waals surface area contributed by atoms with Crippen molar-refractivity contribution < 1.29 is 4.79 Å². The quantitative estimate of drug-likeness (QED) is 0.827. The molecule has 3 rings (SSSR count). The molecule has 0 fully saturated rings. The van der Waals surface area contributed by atoms with Gasteiger partial charge in [0.15, 0.2) is 5.17 Å². The molecule has 5 heteroatoms. The Morgan fingerprint density at radius 3 is 2.70 bits per heavy atom. The number of aliphatic imine (C=N–C) groups is 1. The molecule has 0 bridgehead atoms. The number of carbonyl (C=O) groups is 1. The molecule has 1 aliphatic rings. The summed E-state index contributed by atoms with van der Waals surface area (Å²) < 4.78 is 0. The summed E-state index contributed by atoms with van der Waals surface area (Å²) >= 11 is 7.74. The fourth-order valence-electron chi connectivity index (χ4n) is 2.35. The minimum Gasteiger partial charge on any atom is -0.286 e. The lowest BCUT2D eigenvalue weighted by Crippen LogP contribution is -2.32. The summed E-state index contributed by atoms with van der Waals surface area (Å²) in [5.74, 6) is 0.712. The van der Waals surface area contributed by atoms with Gasteiger partial charge in [0.05, 0.1) is 6.54 Å². The highest BCUT2D eigenvalue weighted by atomic mass is 35.5. The molecular weight excluding hydrogens is 328 g/mol. The summed E-state index contributed by atoms with van der Waals surface area (Å²) in [4.78, 5) is 18.9. The molecule has 0 saturated heterocycles. The molecule has 0 aliphatic carbocycles. The average molecular weight is 345 g/mol. The Morgan fingerprint density at radius 1 is 1.22 bits per heavy atom. The maximum absolute atomic E-state index is 12.7. The van der Waals surface area contributed by atoms with Crippen molar-refractivity contribution in [2.24, 2.45) is 4.99 Å². The molecule has 2 aromatic carbocycles. The van der Waals surface area contributed by atoms with Gasteiger partial charge in [-0.25, -0.2) is 0 Å². The zero-order chi connectivity index (χ0) is 16.2. The Balaban J connectivity index is 1.69. The van der Waals surface area contributed by atoms with Gasteiger partial charge in [0, 0.05) is 22.9 Å². The van der Waals surface area contributed by atoms with Gasteiger partial charge in [-0.3, -0.25) is 14.7 Å². The molecule has 0 spiro atoms. The number of amides is 1. The van der Waals surface area contributed by atoms with E-state index in [-0.39, 0.29) is 5.91 Å². The van der Waals surface area contributed by atoms with E-state index in [1.54, 1.807) is 16.7 Å². The normalized spacial score (nSPS) is 14.0. The van der Waals surface area contributed by atoms with Gasteiger partial charge in [0.25, 0.3) is 5.91 Å². The van der Waals surface area contributed by atoms with Crippen molar-refractivity contribution in [3.8, 4) is 0 Å². The Kier molecular flexibility index (Phi) is 5.03. The Bertz CT molecular complexity index is 743. The third-order valence-electron chi connectivity index (χ3n) is 3.66. The van der Waals surface area contributed by atoms with E-state index in [0.29, 0.717) is 24.4 Å². The molecular formula is C18H17ClN2OS. The van der Waals surface area contributed by atoms with E-state index in [0.717, 1.165) is 21.3 Å². The second-order valence-electron chi connectivity index (χ2n) is 5.37. The minimum absolute atomic E-state index is 0.00732. The van der Waals surface area contributed by atoms with Crippen LogP contribution in [-0.2, 0) is 5.75 Å². The topological polar surface area (TPSA) is 32.7 Å². The highest BCUT2D eigenvalue weighted by Crippen LogP contribution is 2.25. The molecule has 118 valence electrons. The second-order valence-corrected chi connectivity index (χ2v) is 6.72. The van der Waals surface area contributed by atoms with Crippen molar-refractivity contribution >= 4 is 34.4 Å². The molecule has 0 saturated carbocycles. The predicted octanol–water partition coefficient (Wildman–Crippen LogP) is 4.39. The van der Waals surface area contributed by atoms with Gasteiger partial charge < -0.3 is 0 Å². The number of hydrogen-bond acceptors (Lipinski definition) is 3. The third-order valence-corrected chi connectivity index (χ3v) is 5.09. The van der Waals surface area contributed by atoms with Gasteiger partial charge in [-0.05, 0) is 30.7 Å². The van der Waals surface area contributed by atoms with Crippen LogP contribution in [-0.4, -0.2) is 29.1 Å². The van der Waals surface area contributed by atoms with Crippen molar-refractivity contribution in [3.05, 3.63) is 70.2 Å². The SMILES string of the molecule is Cc1ccc(C(=O)N2CCN=C2SCc2ccccc2Cl)cc1. The highest BCUT2D eigenvalue weighted by molar-refractivity contribution is 8.13. The van der Waals surface area contributed by atoms with E-state index >= 15 is 0 Å². The van der Waals surface area contributed by atoms with E-state index in [1.165, 1.54) is 0 Å². The van der Waals surface area contributed by atoms with Gasteiger partial charge >= 0.3 is 0 Å². The molecule has 0 radical (unpaired) electrons. The van der Waals surface area contributed by atoms with Crippen molar-refractivity contribution in [3.63, 3.8) is 0 Å². The van der Waals surface area contributed by atoms with Crippen LogP contribution in [0.2, 0.25) is 5.02 Å². The molecule has 0 aromatic heterocycles. The van der Waals surface area contributed by atoms with Crippen LogP contribution in [0.1, 0.15) is 21.5 Å². The Morgan fingerprint density at radius 2 is 1.96 bits per heavy atom. The first-order valence-electron chi connectivity index (χ1n) is 7.44. The number of aryl methyl sites for hydroxylation is 1. The van der Waals surface area contributed by atoms with Crippen LogP contribution in [0.15, 0.2) is 53.5 Å². The van der Waals surface area contributed by atoms with E-state index in [1.807, 2.05) is 55.5 Å². The Hall–Kier alpha value is -1.78. The zero-order valence-electron chi connectivity index (χ0n) is 12.8. The molecule has 1 amide bonds. The van der Waals surface area contributed by atoms with Crippen molar-refractivity contribution in [1.82, 2.24) is 4.90 Å². The van der Waals surface area contributed by atoms with Gasteiger partial charge in [0.1, 0.15) is 0 Å². The lowest BCUT2D eigenvalue weighted by atomic mass is 10.1. The van der Waals surface area contributed by atoms with Crippen LogP contribution in [0.5, 0.6) is 0 Å². The molecule has 0 unspecified atom stereocenters. The monoisotopic (exact) mass is 344 g/mol. The number of nitrogens with zero attached hydrogens (tertiary/aromatic N) is 2. The molecule has 23 heavy (non-hydrogen) atoms. The first kappa shape index (κ1) is 16.1. The summed E-state index contributed by atoms with van der Waals surface area (Å²) in [5, 5.41) is 1.52. The average Bonchev–Trinajstić information content (AvgIpc) is 3.02. The molecule has 1 aliphatic heterocycles. The number of halogens is 1. The van der Waals surface area contributed by atoms with Gasteiger partial charge in [-0.1, -0.05) is 59.3 Å². The summed E-state index contributed by atoms with van der Waals surface area (Å²) in [6, 6.07) is 15.4. The molecule has 2 aromatic rings. The van der Waals surface area contributed by atoms with Crippen molar-refractivity contribution in [2.45, 2.75) is 12.7 Å². The number of benzene rings is 2. The lowest BCUT2D eigenvalue weighted by Gasteiger charge is -2.18. The van der Waals surface area contributed by atoms with Crippen LogP contribution in [0.3, 0.4) is 0 Å². The van der Waals surface area contributed by atoms with Gasteiger partial charge in [-0.15, -0.1) is 0 Å². The van der Waals surface area contributed by atoms with Crippen LogP contribution in [0.25, 0.3) is 0 Å². The maximum atomic E-state index is 12.7. The summed E-state index contributed by atoms with van der Waals surface area (Å²) in [6.07, 6.45) is 0. The summed E-state index contributed by atoms with van der Waals surface area (Å²) in [5.41, 5.74) is 2.89. The summed E-state index contributed by atoms with van der Waals surface area (Å²) in [7, 11) is 0. The zero-order valence-corrected chi connectivity index (χ0v) is 14.4. The van der Waals surface area contributed by atoms with E-state index in [4.69, 9.17) is 11.6 Å². The maximum Gasteiger partial charge on any atom is 0.259 e. The molecule has 3 nitrogen and oxygen atoms in total. The lowest BCUT2D eigenvalue weighted by molar-refractivity contribution is 0.0860. The van der Waals surface area contributed by atoms with Gasteiger partial charge in [-0.2, -0.15) is 0 Å². The third kappa shape index (κ3) is 3.77. The minimum atomic E-state index is 0.00732. The first-order chi connectivity index (χ1) is 11.1. The predicted molar refractivity (Wildman–Crippen MR) is 97.3 cm³/mol. The van der Waals surface area contributed by atoms with Crippen LogP contribution >= 0.6 is 23.4 Å². The summed E-state index contributed by atoms with van der Waals surface area (Å²) in [6.45, 7) is 3.30. The molecule has 1 heterocycles. The van der Waals surface area contributed by atoms with Crippen molar-refractivity contribution in [1.29, 1.82) is 0 Å². The van der Waals surface area contributed by atoms with E-state index < -0.39 is 0 Å². The van der Waals surface area contributed by atoms with Crippen molar-refractivity contribution in [2.75, 3.05) is 13.1 Å². The number of hydrogen-bond donors (Lipinski definition) is 0. The second kappa shape index (κ2) is 7.20. The number of rotatable bonds is 3. The first-order valence-corrected chi connectivity index (χ1v) is 8.81. The fourth-order valence-corrected chi connectivity index (χ4v) is 3.68. The highest BCUT2D eigenvalue weighted by Gasteiger charge is 2.25. The number of carbonyl (C=O) groups excluding carboxylic acids is 1. The van der Waals surface area contributed by atoms with E-state index in [9.17, 15) is 4.79 Å². The van der Waals surface area contributed by atoms with Gasteiger partial charge in [0.2, 0.25) is 0 Å². The standard InChI is InChI=1S/C18H17ClN2OS/c1-13-6-8-14(9-7-13)17(22)21-11-10-20-18(21)23-12-15-4-2-3-5-16(15)19/h2-9H,10-12H2,1H3. The number of thioether (sulfide) groups is 1. The smallest absolute Gasteiger partial charge is 0.259 e. The molecule has 0 N–H and O–H groups in total. The molecule has 0 atom stereocenters. The van der Waals surface area contributed by atoms with Crippen LogP contribution in [0.4, 0.5) is 0 Å². The van der Waals surface area contributed by atoms with Crippen LogP contribution < -0.4 is 0 Å².